The lowest BCUT2D eigenvalue weighted by Crippen LogP contribution is -2.03. The summed E-state index contributed by atoms with van der Waals surface area (Å²) >= 11 is 5.19. The van der Waals surface area contributed by atoms with Gasteiger partial charge in [0, 0.05) is 5.88 Å². The lowest BCUT2D eigenvalue weighted by atomic mass is 10.4. The maximum absolute atomic E-state index is 5.19. The van der Waals surface area contributed by atoms with Gasteiger partial charge >= 0.3 is 0 Å². The topological polar surface area (TPSA) is 12.0 Å². The highest BCUT2D eigenvalue weighted by Gasteiger charge is 1.93. The largest absolute Gasteiger partial charge is 0.317 e. The van der Waals surface area contributed by atoms with Crippen LogP contribution in [0, 0.1) is 0 Å². The van der Waals surface area contributed by atoms with E-state index < -0.39 is 0 Å². The van der Waals surface area contributed by atoms with Crippen molar-refractivity contribution in [3.8, 4) is 0 Å². The minimum absolute atomic E-state index is 0.792. The van der Waals surface area contributed by atoms with Gasteiger partial charge in [0.15, 0.2) is 0 Å². The Morgan fingerprint density at radius 3 is 1.89 bits per heavy atom. The fourth-order valence-electron chi connectivity index (χ4n) is 0.625. The fourth-order valence-corrected chi connectivity index (χ4v) is 0.625. The molecule has 0 radical (unpaired) electrons. The summed E-state index contributed by atoms with van der Waals surface area (Å²) in [6.45, 7) is 4.55. The predicted molar refractivity (Wildman–Crippen MR) is 43.1 cm³/mol. The van der Waals surface area contributed by atoms with E-state index in [0.29, 0.717) is 0 Å². The Labute approximate surface area is 62.8 Å². The van der Waals surface area contributed by atoms with Gasteiger partial charge in [-0.25, -0.2) is 0 Å². The molecule has 1 aliphatic heterocycles. The van der Waals surface area contributed by atoms with Gasteiger partial charge in [-0.15, -0.1) is 11.6 Å². The standard InChI is InChI=1S/C4H9N.C3H7Cl/c1-2-4-5-3-1;1-2-3-4/h5H,1-4H2;2-3H2,1H3. The zero-order valence-electron chi connectivity index (χ0n) is 6.12. The second-order valence-corrected chi connectivity index (χ2v) is 2.52. The van der Waals surface area contributed by atoms with E-state index in [1.807, 2.05) is 6.92 Å². The smallest absolute Gasteiger partial charge is 0.0220 e. The Balaban J connectivity index is 0.000000148. The van der Waals surface area contributed by atoms with Gasteiger partial charge in [-0.3, -0.25) is 0 Å². The molecule has 56 valence electrons. The Morgan fingerprint density at radius 2 is 1.78 bits per heavy atom. The van der Waals surface area contributed by atoms with Crippen molar-refractivity contribution in [1.82, 2.24) is 5.32 Å². The molecule has 1 heterocycles. The van der Waals surface area contributed by atoms with Gasteiger partial charge in [0.05, 0.1) is 0 Å². The molecule has 1 rings (SSSR count). The van der Waals surface area contributed by atoms with Gasteiger partial charge in [0.25, 0.3) is 0 Å². The number of hydrogen-bond acceptors (Lipinski definition) is 1. The highest BCUT2D eigenvalue weighted by Crippen LogP contribution is 1.90. The van der Waals surface area contributed by atoms with Gasteiger partial charge in [-0.2, -0.15) is 0 Å². The summed E-state index contributed by atoms with van der Waals surface area (Å²) in [5.74, 6) is 0.792. The second kappa shape index (κ2) is 8.25. The first kappa shape index (κ1) is 9.25. The van der Waals surface area contributed by atoms with Crippen molar-refractivity contribution in [2.24, 2.45) is 0 Å². The van der Waals surface area contributed by atoms with E-state index in [1.54, 1.807) is 0 Å². The van der Waals surface area contributed by atoms with Crippen LogP contribution in [0.25, 0.3) is 0 Å². The monoisotopic (exact) mass is 149 g/mol. The van der Waals surface area contributed by atoms with Crippen LogP contribution in [0.4, 0.5) is 0 Å². The Bertz CT molecular complexity index is 34.6. The summed E-state index contributed by atoms with van der Waals surface area (Å²) in [6.07, 6.45) is 3.86. The zero-order valence-corrected chi connectivity index (χ0v) is 6.88. The van der Waals surface area contributed by atoms with Crippen molar-refractivity contribution in [2.75, 3.05) is 19.0 Å². The average molecular weight is 150 g/mol. The van der Waals surface area contributed by atoms with Crippen LogP contribution in [0.2, 0.25) is 0 Å². The first-order chi connectivity index (χ1) is 4.41. The molecule has 0 amide bonds. The van der Waals surface area contributed by atoms with E-state index in [2.05, 4.69) is 5.32 Å². The molecule has 0 saturated carbocycles. The highest BCUT2D eigenvalue weighted by molar-refractivity contribution is 6.17. The molecule has 0 aromatic rings. The van der Waals surface area contributed by atoms with Gasteiger partial charge in [-0.1, -0.05) is 6.92 Å². The second-order valence-electron chi connectivity index (χ2n) is 2.15. The Kier molecular flexibility index (Phi) is 8.48. The molecule has 1 saturated heterocycles. The van der Waals surface area contributed by atoms with E-state index in [9.17, 15) is 0 Å². The van der Waals surface area contributed by atoms with Crippen molar-refractivity contribution in [3.63, 3.8) is 0 Å². The number of alkyl halides is 1. The molecule has 0 aromatic carbocycles. The molecule has 9 heavy (non-hydrogen) atoms. The number of nitrogens with one attached hydrogen (secondary N) is 1. The third kappa shape index (κ3) is 8.25. The molecule has 1 N–H and O–H groups in total. The van der Waals surface area contributed by atoms with Crippen molar-refractivity contribution in [2.45, 2.75) is 26.2 Å². The van der Waals surface area contributed by atoms with Gasteiger partial charge in [0.1, 0.15) is 0 Å². The van der Waals surface area contributed by atoms with Crippen LogP contribution < -0.4 is 5.32 Å². The number of hydrogen-bond donors (Lipinski definition) is 1. The fraction of sp³-hybridized carbons (Fsp3) is 1.00. The quantitative estimate of drug-likeness (QED) is 0.563. The van der Waals surface area contributed by atoms with Crippen LogP contribution in [0.5, 0.6) is 0 Å². The van der Waals surface area contributed by atoms with E-state index in [4.69, 9.17) is 11.6 Å². The number of rotatable bonds is 1. The van der Waals surface area contributed by atoms with Gasteiger partial charge in [-0.05, 0) is 32.4 Å². The molecule has 1 nitrogen and oxygen atoms in total. The molecule has 2 heteroatoms. The SMILES string of the molecule is C1CCNC1.CCCCl. The predicted octanol–water partition coefficient (Wildman–Crippen LogP) is 2.00. The van der Waals surface area contributed by atoms with Crippen LogP contribution in [0.3, 0.4) is 0 Å². The summed E-state index contributed by atoms with van der Waals surface area (Å²) in [5.41, 5.74) is 0. The third-order valence-electron chi connectivity index (χ3n) is 1.15. The summed E-state index contributed by atoms with van der Waals surface area (Å²) in [7, 11) is 0. The van der Waals surface area contributed by atoms with Gasteiger partial charge < -0.3 is 5.32 Å². The van der Waals surface area contributed by atoms with Crippen LogP contribution >= 0.6 is 11.6 Å². The Morgan fingerprint density at radius 1 is 1.33 bits per heavy atom. The van der Waals surface area contributed by atoms with E-state index >= 15 is 0 Å². The lowest BCUT2D eigenvalue weighted by molar-refractivity contribution is 0.857. The van der Waals surface area contributed by atoms with Crippen molar-refractivity contribution < 1.29 is 0 Å². The van der Waals surface area contributed by atoms with Crippen molar-refractivity contribution >= 4 is 11.6 Å². The molecule has 1 fully saturated rings. The van der Waals surface area contributed by atoms with E-state index in [0.717, 1.165) is 12.3 Å². The highest BCUT2D eigenvalue weighted by atomic mass is 35.5. The molecular formula is C7H16ClN. The number of halogens is 1. The molecule has 0 unspecified atom stereocenters. The average Bonchev–Trinajstić information content (AvgIpc) is 2.43. The minimum Gasteiger partial charge on any atom is -0.317 e. The van der Waals surface area contributed by atoms with E-state index in [-0.39, 0.29) is 0 Å². The molecule has 0 aliphatic carbocycles. The van der Waals surface area contributed by atoms with E-state index in [1.165, 1.54) is 25.9 Å². The van der Waals surface area contributed by atoms with Crippen LogP contribution in [0.15, 0.2) is 0 Å². The third-order valence-corrected chi connectivity index (χ3v) is 1.52. The molecule has 0 spiro atoms. The normalized spacial score (nSPS) is 16.7. The first-order valence-corrected chi connectivity index (χ1v) is 4.22. The molecular weight excluding hydrogens is 134 g/mol. The van der Waals surface area contributed by atoms with Gasteiger partial charge in [0.2, 0.25) is 0 Å². The van der Waals surface area contributed by atoms with Crippen LogP contribution in [-0.4, -0.2) is 19.0 Å². The molecule has 0 bridgehead atoms. The molecule has 0 aromatic heterocycles. The lowest BCUT2D eigenvalue weighted by Gasteiger charge is -1.76. The summed E-state index contributed by atoms with van der Waals surface area (Å²) < 4.78 is 0. The summed E-state index contributed by atoms with van der Waals surface area (Å²) in [4.78, 5) is 0. The van der Waals surface area contributed by atoms with Crippen molar-refractivity contribution in [3.05, 3.63) is 0 Å². The molecule has 1 aliphatic rings. The zero-order chi connectivity index (χ0) is 6.95. The van der Waals surface area contributed by atoms with Crippen molar-refractivity contribution in [1.29, 1.82) is 0 Å². The van der Waals surface area contributed by atoms with Crippen LogP contribution in [-0.2, 0) is 0 Å². The Hall–Kier alpha value is 0.250. The molecule has 0 atom stereocenters. The first-order valence-electron chi connectivity index (χ1n) is 3.68. The maximum Gasteiger partial charge on any atom is 0.0220 e. The van der Waals surface area contributed by atoms with Crippen LogP contribution in [0.1, 0.15) is 26.2 Å². The summed E-state index contributed by atoms with van der Waals surface area (Å²) in [6, 6.07) is 0. The summed E-state index contributed by atoms with van der Waals surface area (Å²) in [5, 5.41) is 3.22. The maximum atomic E-state index is 5.19. The minimum atomic E-state index is 0.792.